The summed E-state index contributed by atoms with van der Waals surface area (Å²) in [7, 11) is 1.88. The van der Waals surface area contributed by atoms with Gasteiger partial charge in [0.2, 0.25) is 0 Å². The van der Waals surface area contributed by atoms with E-state index in [2.05, 4.69) is 20.2 Å². The lowest BCUT2D eigenvalue weighted by Crippen LogP contribution is -2.26. The third-order valence-electron chi connectivity index (χ3n) is 5.58. The molecule has 0 bridgehead atoms. The Kier molecular flexibility index (Phi) is 4.47. The van der Waals surface area contributed by atoms with Gasteiger partial charge in [-0.15, -0.1) is 11.3 Å². The lowest BCUT2D eigenvalue weighted by Gasteiger charge is -2.18. The number of rotatable bonds is 3. The van der Waals surface area contributed by atoms with E-state index in [1.165, 1.54) is 11.3 Å². The number of carbonyl (C=O) groups is 1. The van der Waals surface area contributed by atoms with Gasteiger partial charge in [0.25, 0.3) is 11.8 Å². The maximum atomic E-state index is 13.0. The van der Waals surface area contributed by atoms with Gasteiger partial charge in [0.05, 0.1) is 29.5 Å². The lowest BCUT2D eigenvalue weighted by atomic mass is 10.00. The molecule has 0 radical (unpaired) electrons. The highest BCUT2D eigenvalue weighted by Gasteiger charge is 2.34. The molecule has 1 fully saturated rings. The Labute approximate surface area is 171 Å². The molecule has 3 aromatic rings. The molecule has 5 rings (SSSR count). The van der Waals surface area contributed by atoms with Crippen molar-refractivity contribution in [3.8, 4) is 11.6 Å². The first kappa shape index (κ1) is 18.4. The molecule has 0 atom stereocenters. The number of ether oxygens (including phenoxy) is 1. The summed E-state index contributed by atoms with van der Waals surface area (Å²) in [6, 6.07) is 0. The van der Waals surface area contributed by atoms with Crippen molar-refractivity contribution >= 4 is 17.2 Å². The van der Waals surface area contributed by atoms with E-state index in [1.807, 2.05) is 25.8 Å². The monoisotopic (exact) mass is 414 g/mol. The van der Waals surface area contributed by atoms with Crippen molar-refractivity contribution in [3.63, 3.8) is 0 Å². The second kappa shape index (κ2) is 7.03. The van der Waals surface area contributed by atoms with Crippen LogP contribution in [0.15, 0.2) is 4.52 Å². The molecule has 5 heterocycles. The Bertz CT molecular complexity index is 1080. The van der Waals surface area contributed by atoms with E-state index in [9.17, 15) is 4.79 Å². The summed E-state index contributed by atoms with van der Waals surface area (Å²) < 4.78 is 12.8. The molecule has 29 heavy (non-hydrogen) atoms. The number of hydrogen-bond donors (Lipinski definition) is 0. The number of amides is 1. The zero-order valence-corrected chi connectivity index (χ0v) is 17.5. The van der Waals surface area contributed by atoms with Crippen molar-refractivity contribution in [1.82, 2.24) is 29.8 Å². The number of carbonyl (C=O) groups excluding carboxylic acids is 1. The molecule has 3 aromatic heterocycles. The van der Waals surface area contributed by atoms with Crippen molar-refractivity contribution in [1.29, 1.82) is 0 Å². The average Bonchev–Trinajstić information content (AvgIpc) is 3.47. The molecule has 9 nitrogen and oxygen atoms in total. The molecular weight excluding hydrogens is 392 g/mol. The van der Waals surface area contributed by atoms with Crippen molar-refractivity contribution < 1.29 is 14.1 Å². The number of fused-ring (bicyclic) bond motifs is 1. The summed E-state index contributed by atoms with van der Waals surface area (Å²) >= 11 is 1.44. The number of thiazole rings is 1. The van der Waals surface area contributed by atoms with E-state index < -0.39 is 0 Å². The number of aromatic nitrogens is 5. The molecule has 2 aliphatic heterocycles. The second-order valence-electron chi connectivity index (χ2n) is 7.55. The van der Waals surface area contributed by atoms with Gasteiger partial charge in [0.15, 0.2) is 11.5 Å². The summed E-state index contributed by atoms with van der Waals surface area (Å²) in [5.74, 6) is 1.39. The maximum absolute atomic E-state index is 13.0. The van der Waals surface area contributed by atoms with E-state index in [0.717, 1.165) is 48.0 Å². The normalized spacial score (nSPS) is 17.1. The molecule has 152 valence electrons. The highest BCUT2D eigenvalue weighted by atomic mass is 32.1. The predicted octanol–water partition coefficient (Wildman–Crippen LogP) is 2.59. The molecule has 0 N–H and O–H groups in total. The van der Waals surface area contributed by atoms with Gasteiger partial charge in [-0.25, -0.2) is 4.98 Å². The molecule has 1 amide bonds. The van der Waals surface area contributed by atoms with Crippen LogP contribution in [0.3, 0.4) is 0 Å². The van der Waals surface area contributed by atoms with Gasteiger partial charge in [-0.2, -0.15) is 10.1 Å². The topological polar surface area (TPSA) is 99.2 Å². The summed E-state index contributed by atoms with van der Waals surface area (Å²) in [6.45, 7) is 6.23. The third kappa shape index (κ3) is 3.16. The van der Waals surface area contributed by atoms with Gasteiger partial charge in [-0.1, -0.05) is 5.16 Å². The number of hydrogen-bond acceptors (Lipinski definition) is 8. The van der Waals surface area contributed by atoms with E-state index in [0.29, 0.717) is 35.4 Å². The highest BCUT2D eigenvalue weighted by molar-refractivity contribution is 7.13. The molecule has 0 aromatic carbocycles. The van der Waals surface area contributed by atoms with E-state index >= 15 is 0 Å². The summed E-state index contributed by atoms with van der Waals surface area (Å²) in [5, 5.41) is 9.69. The first-order valence-corrected chi connectivity index (χ1v) is 10.5. The van der Waals surface area contributed by atoms with Crippen LogP contribution in [0.2, 0.25) is 0 Å². The van der Waals surface area contributed by atoms with E-state index in [4.69, 9.17) is 9.26 Å². The molecule has 0 saturated carbocycles. The third-order valence-corrected chi connectivity index (χ3v) is 6.64. The van der Waals surface area contributed by atoms with Crippen LogP contribution in [-0.2, 0) is 24.9 Å². The fourth-order valence-electron chi connectivity index (χ4n) is 4.04. The smallest absolute Gasteiger partial charge is 0.278 e. The zero-order valence-electron chi connectivity index (χ0n) is 16.6. The number of aryl methyl sites for hydroxylation is 3. The second-order valence-corrected chi connectivity index (χ2v) is 8.75. The zero-order chi connectivity index (χ0) is 20.1. The average molecular weight is 414 g/mol. The van der Waals surface area contributed by atoms with Gasteiger partial charge in [0, 0.05) is 31.7 Å². The summed E-state index contributed by atoms with van der Waals surface area (Å²) in [5.41, 5.74) is 3.42. The van der Waals surface area contributed by atoms with Crippen LogP contribution in [0.1, 0.15) is 56.2 Å². The van der Waals surface area contributed by atoms with Crippen LogP contribution in [0.4, 0.5) is 0 Å². The van der Waals surface area contributed by atoms with Gasteiger partial charge in [-0.3, -0.25) is 9.48 Å². The molecule has 10 heteroatoms. The fraction of sp³-hybridized carbons (Fsp3) is 0.526. The molecule has 0 spiro atoms. The van der Waals surface area contributed by atoms with Crippen LogP contribution in [0, 0.1) is 13.8 Å². The van der Waals surface area contributed by atoms with Crippen molar-refractivity contribution in [2.75, 3.05) is 13.2 Å². The Morgan fingerprint density at radius 2 is 1.97 bits per heavy atom. The Balaban J connectivity index is 1.41. The Morgan fingerprint density at radius 3 is 2.69 bits per heavy atom. The van der Waals surface area contributed by atoms with E-state index in [-0.39, 0.29) is 11.8 Å². The standard InChI is InChI=1S/C19H22N6O3S/c1-10-16(29-11(2)20-10)19(26)25-8-13-14(9-25)24(3)22-15(13)18-21-17(23-28-18)12-4-6-27-7-5-12/h12H,4-9H2,1-3H3. The molecule has 0 unspecified atom stereocenters. The summed E-state index contributed by atoms with van der Waals surface area (Å²) in [6.07, 6.45) is 1.80. The SMILES string of the molecule is Cc1nc(C)c(C(=O)N2Cc3c(-c4nc(C5CCOCC5)no4)nn(C)c3C2)s1. The Morgan fingerprint density at radius 1 is 1.17 bits per heavy atom. The minimum atomic E-state index is 0.00340. The van der Waals surface area contributed by atoms with E-state index in [1.54, 1.807) is 4.68 Å². The van der Waals surface area contributed by atoms with Crippen molar-refractivity contribution in [3.05, 3.63) is 32.7 Å². The quantitative estimate of drug-likeness (QED) is 0.649. The van der Waals surface area contributed by atoms with Crippen LogP contribution < -0.4 is 0 Å². The van der Waals surface area contributed by atoms with Crippen LogP contribution in [0.5, 0.6) is 0 Å². The highest BCUT2D eigenvalue weighted by Crippen LogP contribution is 2.34. The minimum absolute atomic E-state index is 0.00340. The van der Waals surface area contributed by atoms with Crippen molar-refractivity contribution in [2.45, 2.75) is 45.7 Å². The lowest BCUT2D eigenvalue weighted by molar-refractivity contribution is 0.0752. The van der Waals surface area contributed by atoms with Gasteiger partial charge in [0.1, 0.15) is 4.88 Å². The molecular formula is C19H22N6O3S. The van der Waals surface area contributed by atoms with Crippen LogP contribution in [-0.4, -0.2) is 48.9 Å². The van der Waals surface area contributed by atoms with Crippen molar-refractivity contribution in [2.24, 2.45) is 7.05 Å². The minimum Gasteiger partial charge on any atom is -0.381 e. The first-order chi connectivity index (χ1) is 14.0. The van der Waals surface area contributed by atoms with Crippen LogP contribution in [0.25, 0.3) is 11.6 Å². The molecule has 2 aliphatic rings. The van der Waals surface area contributed by atoms with Gasteiger partial charge in [-0.05, 0) is 26.7 Å². The fourth-order valence-corrected chi connectivity index (χ4v) is 4.92. The van der Waals surface area contributed by atoms with Gasteiger partial charge >= 0.3 is 0 Å². The number of nitrogens with zero attached hydrogens (tertiary/aromatic N) is 6. The molecule has 0 aliphatic carbocycles. The largest absolute Gasteiger partial charge is 0.381 e. The maximum Gasteiger partial charge on any atom is 0.278 e. The van der Waals surface area contributed by atoms with Crippen LogP contribution >= 0.6 is 11.3 Å². The predicted molar refractivity (Wildman–Crippen MR) is 104 cm³/mol. The van der Waals surface area contributed by atoms with Gasteiger partial charge < -0.3 is 14.2 Å². The molecule has 1 saturated heterocycles. The first-order valence-electron chi connectivity index (χ1n) is 9.71. The Hall–Kier alpha value is -2.59. The summed E-state index contributed by atoms with van der Waals surface area (Å²) in [4.78, 5) is 24.5.